The lowest BCUT2D eigenvalue weighted by atomic mass is 10.00. The first-order chi connectivity index (χ1) is 12.3. The molecule has 3 aromatic heterocycles. The smallest absolute Gasteiger partial charge is 0.273 e. The summed E-state index contributed by atoms with van der Waals surface area (Å²) in [5.41, 5.74) is 2.30. The number of hydrogen-bond acceptors (Lipinski definition) is 5. The van der Waals surface area contributed by atoms with E-state index in [2.05, 4.69) is 26.0 Å². The fraction of sp³-hybridized carbons (Fsp3) is 0.412. The van der Waals surface area contributed by atoms with Gasteiger partial charge in [0.1, 0.15) is 0 Å². The van der Waals surface area contributed by atoms with Crippen LogP contribution in [0.25, 0.3) is 5.52 Å². The molecule has 2 N–H and O–H groups in total. The summed E-state index contributed by atoms with van der Waals surface area (Å²) in [6.45, 7) is 3.29. The Bertz CT molecular complexity index is 863. The average molecular weight is 339 g/mol. The number of fused-ring (bicyclic) bond motifs is 1. The van der Waals surface area contributed by atoms with Gasteiger partial charge in [0, 0.05) is 24.8 Å². The molecular weight excluding hydrogens is 318 g/mol. The van der Waals surface area contributed by atoms with Gasteiger partial charge in [0.2, 0.25) is 0 Å². The molecule has 8 nitrogen and oxygen atoms in total. The lowest BCUT2D eigenvalue weighted by Gasteiger charge is -2.22. The molecule has 4 rings (SSSR count). The number of hydrogen-bond donors (Lipinski definition) is 2. The highest BCUT2D eigenvalue weighted by Crippen LogP contribution is 2.12. The molecule has 0 bridgehead atoms. The maximum absolute atomic E-state index is 12.3. The van der Waals surface area contributed by atoms with Crippen molar-refractivity contribution in [3.8, 4) is 0 Å². The summed E-state index contributed by atoms with van der Waals surface area (Å²) in [6.07, 6.45) is 7.74. The summed E-state index contributed by atoms with van der Waals surface area (Å²) in [5.74, 6) is 0.327. The van der Waals surface area contributed by atoms with Crippen molar-refractivity contribution in [1.82, 2.24) is 35.2 Å². The molecule has 0 aliphatic carbocycles. The van der Waals surface area contributed by atoms with Crippen molar-refractivity contribution < 1.29 is 4.79 Å². The zero-order chi connectivity index (χ0) is 17.1. The second kappa shape index (κ2) is 7.02. The summed E-state index contributed by atoms with van der Waals surface area (Å²) in [4.78, 5) is 12.3. The number of carbonyl (C=O) groups excluding carboxylic acids is 1. The molecule has 0 saturated carbocycles. The molecule has 1 unspecified atom stereocenters. The Morgan fingerprint density at radius 1 is 1.40 bits per heavy atom. The van der Waals surface area contributed by atoms with Crippen molar-refractivity contribution in [2.24, 2.45) is 5.92 Å². The molecule has 8 heteroatoms. The Kier molecular flexibility index (Phi) is 4.43. The molecule has 1 amide bonds. The number of nitrogens with zero attached hydrogens (tertiary/aromatic N) is 5. The lowest BCUT2D eigenvalue weighted by molar-refractivity contribution is 0.0946. The van der Waals surface area contributed by atoms with Gasteiger partial charge >= 0.3 is 0 Å². The zero-order valence-corrected chi connectivity index (χ0v) is 13.9. The Morgan fingerprint density at radius 2 is 2.36 bits per heavy atom. The number of nitrogens with one attached hydrogen (secondary N) is 2. The maximum atomic E-state index is 12.3. The fourth-order valence-corrected chi connectivity index (χ4v) is 3.23. The summed E-state index contributed by atoms with van der Waals surface area (Å²) >= 11 is 0. The van der Waals surface area contributed by atoms with Crippen LogP contribution in [-0.4, -0.2) is 43.6 Å². The summed E-state index contributed by atoms with van der Waals surface area (Å²) in [5, 5.41) is 18.6. The van der Waals surface area contributed by atoms with Crippen LogP contribution in [0, 0.1) is 5.92 Å². The van der Waals surface area contributed by atoms with Gasteiger partial charge in [-0.1, -0.05) is 11.3 Å². The highest BCUT2D eigenvalue weighted by atomic mass is 16.2. The van der Waals surface area contributed by atoms with E-state index in [1.165, 1.54) is 12.8 Å². The second-order valence-electron chi connectivity index (χ2n) is 6.42. The first kappa shape index (κ1) is 15.8. The Morgan fingerprint density at radius 3 is 3.24 bits per heavy atom. The molecule has 1 aliphatic rings. The van der Waals surface area contributed by atoms with Crippen LogP contribution in [0.5, 0.6) is 0 Å². The van der Waals surface area contributed by atoms with Gasteiger partial charge in [-0.15, -0.1) is 5.10 Å². The van der Waals surface area contributed by atoms with E-state index in [-0.39, 0.29) is 5.91 Å². The standard InChI is InChI=1S/C17H21N7O/c25-17(19-9-14-10-20-24-7-2-1-5-16(14)24)15-12-23(22-21-15)11-13-4-3-6-18-8-13/h1-2,5,7,10,12-13,18H,3-4,6,8-9,11H2,(H,19,25). The lowest BCUT2D eigenvalue weighted by Crippen LogP contribution is -2.32. The fourth-order valence-electron chi connectivity index (χ4n) is 3.23. The molecular formula is C17H21N7O. The van der Waals surface area contributed by atoms with Gasteiger partial charge in [0.25, 0.3) is 5.91 Å². The molecule has 1 fully saturated rings. The monoisotopic (exact) mass is 339 g/mol. The number of carbonyl (C=O) groups is 1. The number of piperidine rings is 1. The summed E-state index contributed by atoms with van der Waals surface area (Å²) in [6, 6.07) is 5.85. The molecule has 4 heterocycles. The Labute approximate surface area is 145 Å². The molecule has 3 aromatic rings. The van der Waals surface area contributed by atoms with Crippen LogP contribution in [0.1, 0.15) is 28.9 Å². The predicted octanol–water partition coefficient (Wildman–Crippen LogP) is 0.855. The van der Waals surface area contributed by atoms with Crippen molar-refractivity contribution in [2.45, 2.75) is 25.9 Å². The minimum atomic E-state index is -0.219. The van der Waals surface area contributed by atoms with Crippen LogP contribution in [0.4, 0.5) is 0 Å². The zero-order valence-electron chi connectivity index (χ0n) is 13.9. The number of amides is 1. The molecule has 1 aliphatic heterocycles. The third-order valence-electron chi connectivity index (χ3n) is 4.56. The maximum Gasteiger partial charge on any atom is 0.273 e. The van der Waals surface area contributed by atoms with E-state index in [9.17, 15) is 4.79 Å². The van der Waals surface area contributed by atoms with Crippen LogP contribution in [0.15, 0.2) is 36.8 Å². The molecule has 130 valence electrons. The Balaban J connectivity index is 1.36. The van der Waals surface area contributed by atoms with E-state index in [1.807, 2.05) is 24.4 Å². The van der Waals surface area contributed by atoms with Gasteiger partial charge in [-0.05, 0) is 44.0 Å². The van der Waals surface area contributed by atoms with Crippen molar-refractivity contribution in [3.05, 3.63) is 48.0 Å². The van der Waals surface area contributed by atoms with Gasteiger partial charge < -0.3 is 10.6 Å². The van der Waals surface area contributed by atoms with Crippen LogP contribution in [0.3, 0.4) is 0 Å². The van der Waals surface area contributed by atoms with Crippen LogP contribution >= 0.6 is 0 Å². The second-order valence-corrected chi connectivity index (χ2v) is 6.42. The van der Waals surface area contributed by atoms with E-state index in [0.29, 0.717) is 18.2 Å². The van der Waals surface area contributed by atoms with E-state index < -0.39 is 0 Å². The highest BCUT2D eigenvalue weighted by Gasteiger charge is 2.16. The first-order valence-corrected chi connectivity index (χ1v) is 8.60. The number of pyridine rings is 1. The minimum Gasteiger partial charge on any atom is -0.346 e. The average Bonchev–Trinajstić information content (AvgIpc) is 3.28. The predicted molar refractivity (Wildman–Crippen MR) is 92.0 cm³/mol. The molecule has 0 aromatic carbocycles. The molecule has 0 spiro atoms. The van der Waals surface area contributed by atoms with Gasteiger partial charge in [0.05, 0.1) is 17.9 Å². The van der Waals surface area contributed by atoms with E-state index in [1.54, 1.807) is 21.6 Å². The van der Waals surface area contributed by atoms with Gasteiger partial charge in [0.15, 0.2) is 5.69 Å². The third kappa shape index (κ3) is 3.53. The molecule has 1 saturated heterocycles. The largest absolute Gasteiger partial charge is 0.346 e. The van der Waals surface area contributed by atoms with Crippen molar-refractivity contribution in [1.29, 1.82) is 0 Å². The molecule has 0 radical (unpaired) electrons. The van der Waals surface area contributed by atoms with Crippen LogP contribution in [-0.2, 0) is 13.1 Å². The van der Waals surface area contributed by atoms with Gasteiger partial charge in [-0.2, -0.15) is 5.10 Å². The van der Waals surface area contributed by atoms with Gasteiger partial charge in [-0.25, -0.2) is 4.52 Å². The highest BCUT2D eigenvalue weighted by molar-refractivity contribution is 5.91. The van der Waals surface area contributed by atoms with Crippen LogP contribution < -0.4 is 10.6 Å². The van der Waals surface area contributed by atoms with Crippen molar-refractivity contribution in [2.75, 3.05) is 13.1 Å². The number of rotatable bonds is 5. The van der Waals surface area contributed by atoms with E-state index >= 15 is 0 Å². The quantitative estimate of drug-likeness (QED) is 0.719. The van der Waals surface area contributed by atoms with Gasteiger partial charge in [-0.3, -0.25) is 9.48 Å². The minimum absolute atomic E-state index is 0.219. The Hall–Kier alpha value is -2.74. The SMILES string of the molecule is O=C(NCc1cnn2ccccc12)c1cn(CC2CCCNC2)nn1. The summed E-state index contributed by atoms with van der Waals surface area (Å²) in [7, 11) is 0. The number of aromatic nitrogens is 5. The third-order valence-corrected chi connectivity index (χ3v) is 4.56. The molecule has 25 heavy (non-hydrogen) atoms. The van der Waals surface area contributed by atoms with Crippen molar-refractivity contribution in [3.63, 3.8) is 0 Å². The normalized spacial score (nSPS) is 17.7. The first-order valence-electron chi connectivity index (χ1n) is 8.60. The van der Waals surface area contributed by atoms with E-state index in [0.717, 1.165) is 30.7 Å². The van der Waals surface area contributed by atoms with Crippen molar-refractivity contribution >= 4 is 11.4 Å². The molecule has 1 atom stereocenters. The van der Waals surface area contributed by atoms with E-state index in [4.69, 9.17) is 0 Å². The summed E-state index contributed by atoms with van der Waals surface area (Å²) < 4.78 is 3.55. The topological polar surface area (TPSA) is 89.1 Å². The van der Waals surface area contributed by atoms with Crippen LogP contribution in [0.2, 0.25) is 0 Å².